The molecule has 1 amide bonds. The van der Waals surface area contributed by atoms with Crippen LogP contribution in [0.1, 0.15) is 41.9 Å². The number of alkyl halides is 3. The summed E-state index contributed by atoms with van der Waals surface area (Å²) in [5, 5.41) is 5.86. The third kappa shape index (κ3) is 10.1. The summed E-state index contributed by atoms with van der Waals surface area (Å²) in [5.41, 5.74) is 10.1. The number of nitrogens with two attached hydrogens (primary N) is 1. The number of amides is 1. The minimum absolute atomic E-state index is 0.127. The minimum Gasteiger partial charge on any atom is -0.464 e. The van der Waals surface area contributed by atoms with Crippen molar-refractivity contribution in [3.8, 4) is 11.1 Å². The van der Waals surface area contributed by atoms with Gasteiger partial charge in [0.15, 0.2) is 0 Å². The number of carbonyl (C=O) groups is 2. The average Bonchev–Trinajstić information content (AvgIpc) is 3.11. The highest BCUT2D eigenvalue weighted by atomic mass is 19.4. The van der Waals surface area contributed by atoms with E-state index in [4.69, 9.17) is 15.2 Å². The molecule has 9 nitrogen and oxygen atoms in total. The molecule has 4 N–H and O–H groups in total. The Balaban J connectivity index is 1.21. The van der Waals surface area contributed by atoms with Gasteiger partial charge in [-0.15, -0.1) is 0 Å². The normalized spacial score (nSPS) is 17.5. The van der Waals surface area contributed by atoms with Crippen LogP contribution in [0, 0.1) is 11.6 Å². The third-order valence-corrected chi connectivity index (χ3v) is 8.36. The maximum absolute atomic E-state index is 15.1. The van der Waals surface area contributed by atoms with E-state index in [-0.39, 0.29) is 37.0 Å². The molecular formula is C36H36F5N5O4. The van der Waals surface area contributed by atoms with Crippen molar-refractivity contribution in [3.05, 3.63) is 114 Å². The molecule has 5 rings (SSSR count). The van der Waals surface area contributed by atoms with Gasteiger partial charge < -0.3 is 25.8 Å². The first-order chi connectivity index (χ1) is 24.0. The molecule has 2 aromatic heterocycles. The van der Waals surface area contributed by atoms with Gasteiger partial charge in [0.2, 0.25) is 5.91 Å². The summed E-state index contributed by atoms with van der Waals surface area (Å²) in [6, 6.07) is 15.4. The van der Waals surface area contributed by atoms with Crippen LogP contribution in [0.15, 0.2) is 85.5 Å². The number of morpholine rings is 1. The fourth-order valence-electron chi connectivity index (χ4n) is 5.66. The van der Waals surface area contributed by atoms with E-state index in [2.05, 4.69) is 20.6 Å². The van der Waals surface area contributed by atoms with Crippen molar-refractivity contribution in [3.63, 3.8) is 0 Å². The zero-order chi connectivity index (χ0) is 35.7. The highest BCUT2D eigenvalue weighted by Gasteiger charge is 2.31. The van der Waals surface area contributed by atoms with Gasteiger partial charge in [-0.3, -0.25) is 19.6 Å². The molecule has 2 aromatic carbocycles. The smallest absolute Gasteiger partial charge is 0.389 e. The Morgan fingerprint density at radius 3 is 2.34 bits per heavy atom. The lowest BCUT2D eigenvalue weighted by molar-refractivity contribution is -0.158. The number of hydrogen-bond acceptors (Lipinski definition) is 8. The van der Waals surface area contributed by atoms with Crippen LogP contribution in [-0.4, -0.2) is 66.0 Å². The molecule has 3 heterocycles. The van der Waals surface area contributed by atoms with E-state index in [1.54, 1.807) is 24.5 Å². The number of aromatic nitrogens is 2. The van der Waals surface area contributed by atoms with Crippen molar-refractivity contribution in [2.45, 2.75) is 56.0 Å². The van der Waals surface area contributed by atoms with Crippen molar-refractivity contribution in [1.29, 1.82) is 0 Å². The predicted molar refractivity (Wildman–Crippen MR) is 175 cm³/mol. The summed E-state index contributed by atoms with van der Waals surface area (Å²) in [6.45, 7) is 0.303. The Morgan fingerprint density at radius 1 is 0.980 bits per heavy atom. The summed E-state index contributed by atoms with van der Waals surface area (Å²) < 4.78 is 76.6. The van der Waals surface area contributed by atoms with Gasteiger partial charge in [0.1, 0.15) is 18.2 Å². The topological polar surface area (TPSA) is 128 Å². The summed E-state index contributed by atoms with van der Waals surface area (Å²) >= 11 is 0. The Hall–Kier alpha value is -4.79. The lowest BCUT2D eigenvalue weighted by Gasteiger charge is -2.30. The van der Waals surface area contributed by atoms with Crippen LogP contribution in [0.5, 0.6) is 0 Å². The number of esters is 1. The summed E-state index contributed by atoms with van der Waals surface area (Å²) in [5.74, 6) is -3.31. The monoisotopic (exact) mass is 697 g/mol. The van der Waals surface area contributed by atoms with Gasteiger partial charge in [-0.2, -0.15) is 13.2 Å². The van der Waals surface area contributed by atoms with E-state index < -0.39 is 60.5 Å². The van der Waals surface area contributed by atoms with Crippen LogP contribution in [0.2, 0.25) is 0 Å². The number of pyridine rings is 2. The Labute approximate surface area is 285 Å². The van der Waals surface area contributed by atoms with Crippen LogP contribution < -0.4 is 16.4 Å². The highest BCUT2D eigenvalue weighted by molar-refractivity contribution is 5.96. The van der Waals surface area contributed by atoms with E-state index in [1.165, 1.54) is 18.3 Å². The molecular weight excluding hydrogens is 661 g/mol. The minimum atomic E-state index is -4.44. The summed E-state index contributed by atoms with van der Waals surface area (Å²) in [6.07, 6.45) is -0.505. The second kappa shape index (κ2) is 16.7. The number of ether oxygens (including phenoxy) is 2. The first-order valence-electron chi connectivity index (χ1n) is 16.0. The molecule has 14 heteroatoms. The molecule has 4 aromatic rings. The number of carbonyl (C=O) groups excluding carboxylic acids is 2. The molecule has 0 radical (unpaired) electrons. The second-order valence-corrected chi connectivity index (χ2v) is 12.0. The number of rotatable bonds is 13. The van der Waals surface area contributed by atoms with E-state index >= 15 is 4.39 Å². The van der Waals surface area contributed by atoms with Gasteiger partial charge in [0, 0.05) is 30.4 Å². The van der Waals surface area contributed by atoms with E-state index in [0.717, 1.165) is 17.3 Å². The van der Waals surface area contributed by atoms with Crippen LogP contribution in [-0.2, 0) is 25.5 Å². The fourth-order valence-corrected chi connectivity index (χ4v) is 5.66. The number of halogens is 5. The van der Waals surface area contributed by atoms with Crippen molar-refractivity contribution in [2.24, 2.45) is 5.73 Å². The van der Waals surface area contributed by atoms with Gasteiger partial charge in [0.05, 0.1) is 55.7 Å². The maximum atomic E-state index is 15.1. The van der Waals surface area contributed by atoms with Gasteiger partial charge in [-0.1, -0.05) is 42.5 Å². The average molecular weight is 698 g/mol. The Morgan fingerprint density at radius 2 is 1.70 bits per heavy atom. The molecule has 1 aliphatic heterocycles. The highest BCUT2D eigenvalue weighted by Crippen LogP contribution is 2.31. The molecule has 0 unspecified atom stereocenters. The third-order valence-electron chi connectivity index (χ3n) is 8.36. The molecule has 0 aliphatic carbocycles. The van der Waals surface area contributed by atoms with E-state index in [1.807, 2.05) is 36.4 Å². The number of hydrogen-bond donors (Lipinski definition) is 3. The van der Waals surface area contributed by atoms with Crippen LogP contribution >= 0.6 is 0 Å². The largest absolute Gasteiger partial charge is 0.464 e. The molecule has 1 fully saturated rings. The lowest BCUT2D eigenvalue weighted by Crippen LogP contribution is -2.49. The van der Waals surface area contributed by atoms with E-state index in [0.29, 0.717) is 24.1 Å². The summed E-state index contributed by atoms with van der Waals surface area (Å²) in [7, 11) is 0. The zero-order valence-electron chi connectivity index (χ0n) is 26.8. The van der Waals surface area contributed by atoms with Crippen molar-refractivity contribution < 1.29 is 41.0 Å². The standard InChI is InChI=1S/C36H36F5N5O4/c37-26-9-7-24(8-10-26)33(23-5-3-22(4-6-23)25-2-1-15-43-16-25)34(42)35(48)46-31-19-44-18-30(38)29(31)12-11-28-17-45-27(20-49-28)21-50-32(47)13-14-36(39,40)41/h1-10,15-16,18-19,27-28,33-34,45H,11-14,17,20-21,42H2,(H,46,48)/t27-,28+,33-,34-/m0/s1. The predicted octanol–water partition coefficient (Wildman–Crippen LogP) is 5.70. The summed E-state index contributed by atoms with van der Waals surface area (Å²) in [4.78, 5) is 33.3. The molecule has 1 saturated heterocycles. The molecule has 50 heavy (non-hydrogen) atoms. The number of nitrogens with zero attached hydrogens (tertiary/aromatic N) is 2. The van der Waals surface area contributed by atoms with Gasteiger partial charge >= 0.3 is 12.1 Å². The molecule has 264 valence electrons. The van der Waals surface area contributed by atoms with Crippen LogP contribution in [0.4, 0.5) is 27.6 Å². The number of nitrogens with one attached hydrogen (secondary N) is 2. The molecule has 1 aliphatic rings. The quantitative estimate of drug-likeness (QED) is 0.120. The number of benzene rings is 2. The van der Waals surface area contributed by atoms with Crippen LogP contribution in [0.3, 0.4) is 0 Å². The van der Waals surface area contributed by atoms with Crippen LogP contribution in [0.25, 0.3) is 11.1 Å². The zero-order valence-corrected chi connectivity index (χ0v) is 26.8. The fraction of sp³-hybridized carbons (Fsp3) is 0.333. The van der Waals surface area contributed by atoms with Gasteiger partial charge in [-0.25, -0.2) is 8.78 Å². The Bertz CT molecular complexity index is 1720. The SMILES string of the molecule is N[C@H](C(=O)Nc1cncc(F)c1CC[C@@H]1CN[C@H](COC(=O)CCC(F)(F)F)CO1)[C@H](c1ccc(F)cc1)c1ccc(-c2cccnc2)cc1. The second-order valence-electron chi connectivity index (χ2n) is 12.0. The van der Waals surface area contributed by atoms with E-state index in [9.17, 15) is 27.2 Å². The Kier molecular flexibility index (Phi) is 12.2. The van der Waals surface area contributed by atoms with Crippen molar-refractivity contribution >= 4 is 17.6 Å². The molecule has 4 atom stereocenters. The number of anilines is 1. The lowest BCUT2D eigenvalue weighted by atomic mass is 9.84. The van der Waals surface area contributed by atoms with Gasteiger partial charge in [0.25, 0.3) is 0 Å². The van der Waals surface area contributed by atoms with Gasteiger partial charge in [-0.05, 0) is 53.3 Å². The molecule has 0 saturated carbocycles. The first kappa shape index (κ1) is 36.5. The van der Waals surface area contributed by atoms with Crippen molar-refractivity contribution in [2.75, 3.05) is 25.1 Å². The van der Waals surface area contributed by atoms with Crippen molar-refractivity contribution in [1.82, 2.24) is 15.3 Å². The first-order valence-corrected chi connectivity index (χ1v) is 16.0. The maximum Gasteiger partial charge on any atom is 0.389 e. The molecule has 0 bridgehead atoms. The molecule has 0 spiro atoms.